The molecule has 0 radical (unpaired) electrons. The first-order valence-electron chi connectivity index (χ1n) is 3.33. The van der Waals surface area contributed by atoms with E-state index < -0.39 is 17.3 Å². The minimum Gasteiger partial charge on any atom is -0.504 e. The van der Waals surface area contributed by atoms with Gasteiger partial charge in [-0.25, -0.2) is 5.48 Å². The summed E-state index contributed by atoms with van der Waals surface area (Å²) in [4.78, 5) is 0. The molecule has 1 aromatic carbocycles. The fourth-order valence-corrected chi connectivity index (χ4v) is 1.32. The van der Waals surface area contributed by atoms with Gasteiger partial charge in [-0.15, -0.1) is 0 Å². The van der Waals surface area contributed by atoms with Crippen molar-refractivity contribution in [2.75, 3.05) is 0 Å². The van der Waals surface area contributed by atoms with E-state index in [1.54, 1.807) is 5.48 Å². The van der Waals surface area contributed by atoms with Crippen LogP contribution in [0.3, 0.4) is 0 Å². The van der Waals surface area contributed by atoms with Crippen LogP contribution in [0.15, 0.2) is 10.5 Å². The van der Waals surface area contributed by atoms with Gasteiger partial charge in [0.25, 0.3) is 0 Å². The van der Waals surface area contributed by atoms with Crippen molar-refractivity contribution in [1.29, 1.82) is 0 Å². The van der Waals surface area contributed by atoms with Crippen molar-refractivity contribution in [2.45, 2.75) is 6.54 Å². The molecule has 0 aromatic heterocycles. The standard InChI is InChI=1S/C7H7BrFNO3/c8-4-1-3(2-10-13)6(11)5(9)7(4)12/h1,10-13H,2H2. The summed E-state index contributed by atoms with van der Waals surface area (Å²) in [6.07, 6.45) is 0. The molecular formula is C7H7BrFNO3. The third-order valence-electron chi connectivity index (χ3n) is 1.52. The van der Waals surface area contributed by atoms with Crippen LogP contribution in [0.25, 0.3) is 0 Å². The van der Waals surface area contributed by atoms with Crippen molar-refractivity contribution in [3.05, 3.63) is 21.9 Å². The number of rotatable bonds is 2. The molecule has 1 aromatic rings. The number of hydrogen-bond donors (Lipinski definition) is 4. The predicted octanol–water partition coefficient (Wildman–Crippen LogP) is 1.48. The second-order valence-electron chi connectivity index (χ2n) is 2.36. The van der Waals surface area contributed by atoms with Crippen LogP contribution in [0.1, 0.15) is 5.56 Å². The number of hydrogen-bond acceptors (Lipinski definition) is 4. The molecule has 6 heteroatoms. The zero-order chi connectivity index (χ0) is 10.0. The number of aromatic hydroxyl groups is 2. The lowest BCUT2D eigenvalue weighted by Gasteiger charge is -2.07. The van der Waals surface area contributed by atoms with Gasteiger partial charge in [0.05, 0.1) is 4.47 Å². The summed E-state index contributed by atoms with van der Waals surface area (Å²) in [5.74, 6) is -2.44. The van der Waals surface area contributed by atoms with Crippen molar-refractivity contribution in [3.8, 4) is 11.5 Å². The van der Waals surface area contributed by atoms with E-state index in [1.165, 1.54) is 6.07 Å². The summed E-state index contributed by atoms with van der Waals surface area (Å²) in [5.41, 5.74) is 1.91. The zero-order valence-corrected chi connectivity index (χ0v) is 7.97. The van der Waals surface area contributed by atoms with Gasteiger partial charge in [0, 0.05) is 12.1 Å². The minimum atomic E-state index is -1.11. The highest BCUT2D eigenvalue weighted by Gasteiger charge is 2.15. The van der Waals surface area contributed by atoms with Gasteiger partial charge in [0.1, 0.15) is 0 Å². The molecule has 0 heterocycles. The lowest BCUT2D eigenvalue weighted by molar-refractivity contribution is 0.160. The zero-order valence-electron chi connectivity index (χ0n) is 6.38. The highest BCUT2D eigenvalue weighted by molar-refractivity contribution is 9.10. The number of halogens is 2. The van der Waals surface area contributed by atoms with Crippen LogP contribution in [0, 0.1) is 5.82 Å². The van der Waals surface area contributed by atoms with Crippen LogP contribution < -0.4 is 5.48 Å². The van der Waals surface area contributed by atoms with Crippen molar-refractivity contribution in [2.24, 2.45) is 0 Å². The number of phenolic OH excluding ortho intramolecular Hbond substituents is 2. The smallest absolute Gasteiger partial charge is 0.207 e. The van der Waals surface area contributed by atoms with E-state index in [0.717, 1.165) is 0 Å². The Labute approximate surface area is 81.7 Å². The Bertz CT molecular complexity index is 332. The Balaban J connectivity index is 3.24. The molecule has 13 heavy (non-hydrogen) atoms. The van der Waals surface area contributed by atoms with Gasteiger partial charge in [-0.05, 0) is 22.0 Å². The second-order valence-corrected chi connectivity index (χ2v) is 3.22. The van der Waals surface area contributed by atoms with E-state index in [4.69, 9.17) is 15.4 Å². The second kappa shape index (κ2) is 3.91. The van der Waals surface area contributed by atoms with E-state index in [-0.39, 0.29) is 16.6 Å². The molecule has 0 aliphatic rings. The number of benzene rings is 1. The van der Waals surface area contributed by atoms with Crippen molar-refractivity contribution >= 4 is 15.9 Å². The molecule has 4 nitrogen and oxygen atoms in total. The maximum absolute atomic E-state index is 12.9. The molecule has 72 valence electrons. The molecule has 0 aliphatic carbocycles. The van der Waals surface area contributed by atoms with Gasteiger partial charge >= 0.3 is 0 Å². The number of nitrogens with one attached hydrogen (secondary N) is 1. The maximum Gasteiger partial charge on any atom is 0.207 e. The van der Waals surface area contributed by atoms with E-state index in [2.05, 4.69) is 15.9 Å². The quantitative estimate of drug-likeness (QED) is 0.601. The van der Waals surface area contributed by atoms with Gasteiger partial charge in [0.15, 0.2) is 11.5 Å². The van der Waals surface area contributed by atoms with Gasteiger partial charge in [-0.1, -0.05) is 0 Å². The molecule has 0 saturated carbocycles. The third-order valence-corrected chi connectivity index (χ3v) is 2.12. The summed E-state index contributed by atoms with van der Waals surface area (Å²) in [7, 11) is 0. The van der Waals surface area contributed by atoms with Crippen LogP contribution in [0.2, 0.25) is 0 Å². The van der Waals surface area contributed by atoms with Crippen LogP contribution in [-0.4, -0.2) is 15.4 Å². The summed E-state index contributed by atoms with van der Waals surface area (Å²) in [6.45, 7) is -0.109. The molecule has 0 aliphatic heterocycles. The molecule has 0 atom stereocenters. The summed E-state index contributed by atoms with van der Waals surface area (Å²) in [5, 5.41) is 26.5. The number of phenols is 2. The van der Waals surface area contributed by atoms with Crippen LogP contribution >= 0.6 is 15.9 Å². The Kier molecular flexibility index (Phi) is 3.07. The molecule has 0 spiro atoms. The minimum absolute atomic E-state index is 0.109. The topological polar surface area (TPSA) is 72.7 Å². The van der Waals surface area contributed by atoms with Crippen LogP contribution in [0.4, 0.5) is 4.39 Å². The van der Waals surface area contributed by atoms with E-state index in [1.807, 2.05) is 0 Å². The summed E-state index contributed by atoms with van der Waals surface area (Å²) in [6, 6.07) is 1.30. The fourth-order valence-electron chi connectivity index (χ4n) is 0.868. The monoisotopic (exact) mass is 251 g/mol. The highest BCUT2D eigenvalue weighted by Crippen LogP contribution is 2.35. The maximum atomic E-state index is 12.9. The van der Waals surface area contributed by atoms with Crippen molar-refractivity contribution in [1.82, 2.24) is 5.48 Å². The molecular weight excluding hydrogens is 245 g/mol. The predicted molar refractivity (Wildman–Crippen MR) is 46.1 cm³/mol. The molecule has 4 N–H and O–H groups in total. The first-order valence-corrected chi connectivity index (χ1v) is 4.13. The molecule has 0 bridgehead atoms. The highest BCUT2D eigenvalue weighted by atomic mass is 79.9. The Hall–Kier alpha value is -0.850. The van der Waals surface area contributed by atoms with Crippen LogP contribution in [-0.2, 0) is 6.54 Å². The first kappa shape index (κ1) is 10.2. The molecule has 1 rings (SSSR count). The van der Waals surface area contributed by atoms with Crippen LogP contribution in [0.5, 0.6) is 11.5 Å². The van der Waals surface area contributed by atoms with E-state index >= 15 is 0 Å². The average Bonchev–Trinajstić information content (AvgIpc) is 2.11. The van der Waals surface area contributed by atoms with E-state index in [9.17, 15) is 4.39 Å². The van der Waals surface area contributed by atoms with Gasteiger partial charge < -0.3 is 15.4 Å². The lowest BCUT2D eigenvalue weighted by atomic mass is 10.2. The summed E-state index contributed by atoms with van der Waals surface area (Å²) >= 11 is 2.89. The SMILES string of the molecule is ONCc1cc(Br)c(O)c(F)c1O. The van der Waals surface area contributed by atoms with Crippen molar-refractivity contribution in [3.63, 3.8) is 0 Å². The molecule has 0 saturated heterocycles. The molecule has 0 fully saturated rings. The van der Waals surface area contributed by atoms with Gasteiger partial charge in [0.2, 0.25) is 5.82 Å². The summed E-state index contributed by atoms with van der Waals surface area (Å²) < 4.78 is 13.1. The third kappa shape index (κ3) is 1.90. The Morgan fingerprint density at radius 2 is 2.00 bits per heavy atom. The lowest BCUT2D eigenvalue weighted by Crippen LogP contribution is -2.06. The average molecular weight is 252 g/mol. The first-order chi connectivity index (χ1) is 6.07. The fraction of sp³-hybridized carbons (Fsp3) is 0.143. The van der Waals surface area contributed by atoms with Gasteiger partial charge in [-0.3, -0.25) is 0 Å². The largest absolute Gasteiger partial charge is 0.504 e. The molecule has 0 unspecified atom stereocenters. The normalized spacial score (nSPS) is 10.4. The van der Waals surface area contributed by atoms with Crippen molar-refractivity contribution < 1.29 is 19.8 Å². The Morgan fingerprint density at radius 3 is 2.54 bits per heavy atom. The molecule has 0 amide bonds. The van der Waals surface area contributed by atoms with Gasteiger partial charge in [-0.2, -0.15) is 4.39 Å². The Morgan fingerprint density at radius 1 is 1.38 bits per heavy atom. The number of hydroxylamine groups is 1. The van der Waals surface area contributed by atoms with E-state index in [0.29, 0.717) is 0 Å².